The maximum atomic E-state index is 12.7. The molecular formula is C26H31N3O4S. The topological polar surface area (TPSA) is 78.9 Å². The summed E-state index contributed by atoms with van der Waals surface area (Å²) in [5.74, 6) is -0.284. The molecule has 4 rings (SSSR count). The number of anilines is 1. The van der Waals surface area contributed by atoms with Gasteiger partial charge in [-0.1, -0.05) is 42.5 Å². The first-order valence-corrected chi connectivity index (χ1v) is 13.2. The van der Waals surface area contributed by atoms with Crippen molar-refractivity contribution in [1.82, 2.24) is 9.80 Å². The molecule has 3 aromatic rings. The van der Waals surface area contributed by atoms with Gasteiger partial charge in [0.2, 0.25) is 15.9 Å². The average molecular weight is 482 g/mol. The van der Waals surface area contributed by atoms with Gasteiger partial charge in [-0.2, -0.15) is 0 Å². The second kappa shape index (κ2) is 10.4. The number of rotatable bonds is 8. The van der Waals surface area contributed by atoms with E-state index in [0.717, 1.165) is 6.54 Å². The Hall–Kier alpha value is -3.10. The van der Waals surface area contributed by atoms with E-state index in [0.29, 0.717) is 37.6 Å². The molecule has 180 valence electrons. The third kappa shape index (κ3) is 6.27. The third-order valence-electron chi connectivity index (χ3n) is 5.81. The van der Waals surface area contributed by atoms with Crippen LogP contribution in [0.5, 0.6) is 5.75 Å². The van der Waals surface area contributed by atoms with Crippen molar-refractivity contribution >= 4 is 32.4 Å². The number of nitrogens with zero attached hydrogens (tertiary/aromatic N) is 2. The molecule has 0 aliphatic carbocycles. The van der Waals surface area contributed by atoms with Crippen LogP contribution in [0.1, 0.15) is 19.4 Å². The summed E-state index contributed by atoms with van der Waals surface area (Å²) in [7, 11) is -3.80. The van der Waals surface area contributed by atoms with Crippen molar-refractivity contribution in [2.75, 3.05) is 36.7 Å². The summed E-state index contributed by atoms with van der Waals surface area (Å²) >= 11 is 0. The van der Waals surface area contributed by atoms with Crippen LogP contribution in [0.15, 0.2) is 66.7 Å². The van der Waals surface area contributed by atoms with Crippen molar-refractivity contribution in [1.29, 1.82) is 0 Å². The highest BCUT2D eigenvalue weighted by molar-refractivity contribution is 7.93. The Morgan fingerprint density at radius 1 is 0.941 bits per heavy atom. The number of piperazine rings is 1. The number of hydrogen-bond donors (Lipinski definition) is 1. The maximum absolute atomic E-state index is 12.7. The zero-order chi connectivity index (χ0) is 24.1. The molecule has 1 saturated heterocycles. The van der Waals surface area contributed by atoms with E-state index in [1.54, 1.807) is 29.2 Å². The molecule has 7 nitrogen and oxygen atoms in total. The summed E-state index contributed by atoms with van der Waals surface area (Å²) in [6, 6.07) is 21.3. The van der Waals surface area contributed by atoms with Gasteiger partial charge in [-0.25, -0.2) is 8.42 Å². The summed E-state index contributed by atoms with van der Waals surface area (Å²) in [4.78, 5) is 16.6. The number of benzene rings is 3. The first kappa shape index (κ1) is 24.0. The van der Waals surface area contributed by atoms with Gasteiger partial charge in [0.05, 0.1) is 6.10 Å². The number of ether oxygens (including phenoxy) is 1. The number of sulfonamides is 1. The number of nitrogens with one attached hydrogen (secondary N) is 1. The minimum absolute atomic E-state index is 0.0349. The van der Waals surface area contributed by atoms with E-state index in [1.807, 2.05) is 26.0 Å². The molecule has 8 heteroatoms. The van der Waals surface area contributed by atoms with Crippen LogP contribution in [0.2, 0.25) is 0 Å². The zero-order valence-corrected chi connectivity index (χ0v) is 20.4. The summed E-state index contributed by atoms with van der Waals surface area (Å²) in [5, 5.41) is 2.46. The summed E-state index contributed by atoms with van der Waals surface area (Å²) in [6.07, 6.45) is 0.0349. The van der Waals surface area contributed by atoms with Gasteiger partial charge in [0.15, 0.2) is 0 Å². The van der Waals surface area contributed by atoms with Gasteiger partial charge in [0.25, 0.3) is 0 Å². The van der Waals surface area contributed by atoms with Crippen LogP contribution in [0.25, 0.3) is 10.8 Å². The Bertz CT molecular complexity index is 1230. The number of fused-ring (bicyclic) bond motifs is 1. The fourth-order valence-electron chi connectivity index (χ4n) is 4.17. The molecule has 34 heavy (non-hydrogen) atoms. The Kier molecular flexibility index (Phi) is 7.38. The van der Waals surface area contributed by atoms with Crippen LogP contribution in [-0.4, -0.2) is 62.2 Å². The molecule has 1 aliphatic rings. The predicted molar refractivity (Wildman–Crippen MR) is 135 cm³/mol. The monoisotopic (exact) mass is 481 g/mol. The molecule has 1 heterocycles. The second-order valence-electron chi connectivity index (χ2n) is 8.85. The van der Waals surface area contributed by atoms with E-state index in [-0.39, 0.29) is 12.0 Å². The molecule has 0 unspecified atom stereocenters. The highest BCUT2D eigenvalue weighted by atomic mass is 32.2. The van der Waals surface area contributed by atoms with Crippen LogP contribution < -0.4 is 9.46 Å². The maximum Gasteiger partial charge on any atom is 0.241 e. The second-order valence-corrected chi connectivity index (χ2v) is 10.6. The van der Waals surface area contributed by atoms with Gasteiger partial charge >= 0.3 is 0 Å². The molecule has 1 N–H and O–H groups in total. The van der Waals surface area contributed by atoms with E-state index in [2.05, 4.69) is 40.0 Å². The van der Waals surface area contributed by atoms with Crippen molar-refractivity contribution in [2.24, 2.45) is 0 Å². The molecule has 0 aromatic heterocycles. The first-order chi connectivity index (χ1) is 16.3. The van der Waals surface area contributed by atoms with Crippen LogP contribution in [-0.2, 0) is 21.4 Å². The number of carbonyl (C=O) groups is 1. The molecule has 0 bridgehead atoms. The van der Waals surface area contributed by atoms with Crippen molar-refractivity contribution in [3.05, 3.63) is 72.3 Å². The van der Waals surface area contributed by atoms with Crippen LogP contribution in [0.4, 0.5) is 5.69 Å². The fraction of sp³-hybridized carbons (Fsp3) is 0.346. The lowest BCUT2D eigenvalue weighted by atomic mass is 10.0. The van der Waals surface area contributed by atoms with Gasteiger partial charge in [-0.3, -0.25) is 14.4 Å². The Morgan fingerprint density at radius 2 is 1.62 bits per heavy atom. The van der Waals surface area contributed by atoms with E-state index in [1.165, 1.54) is 16.3 Å². The van der Waals surface area contributed by atoms with Gasteiger partial charge in [0, 0.05) is 38.4 Å². The SMILES string of the molecule is CC(C)Oc1ccc(NS(=O)(=O)CC(=O)N2CCN(Cc3cccc4ccccc34)CC2)cc1. The van der Waals surface area contributed by atoms with E-state index < -0.39 is 15.8 Å². The molecular weight excluding hydrogens is 450 g/mol. The first-order valence-electron chi connectivity index (χ1n) is 11.5. The largest absolute Gasteiger partial charge is 0.491 e. The van der Waals surface area contributed by atoms with Gasteiger partial charge in [-0.15, -0.1) is 0 Å². The van der Waals surface area contributed by atoms with Crippen molar-refractivity contribution in [3.8, 4) is 5.75 Å². The molecule has 1 fully saturated rings. The molecule has 0 saturated carbocycles. The molecule has 0 atom stereocenters. The lowest BCUT2D eigenvalue weighted by molar-refractivity contribution is -0.130. The number of hydrogen-bond acceptors (Lipinski definition) is 5. The quantitative estimate of drug-likeness (QED) is 0.531. The van der Waals surface area contributed by atoms with E-state index in [4.69, 9.17) is 4.74 Å². The summed E-state index contributed by atoms with van der Waals surface area (Å²) in [5.41, 5.74) is 1.67. The van der Waals surface area contributed by atoms with Gasteiger partial charge in [0.1, 0.15) is 11.5 Å². The standard InChI is InChI=1S/C26H31N3O4S/c1-20(2)33-24-12-10-23(11-13-24)27-34(31,32)19-26(30)29-16-14-28(15-17-29)18-22-8-5-7-21-6-3-4-9-25(21)22/h3-13,20,27H,14-19H2,1-2H3. The summed E-state index contributed by atoms with van der Waals surface area (Å²) < 4.78 is 33.1. The van der Waals surface area contributed by atoms with E-state index >= 15 is 0 Å². The average Bonchev–Trinajstić information content (AvgIpc) is 2.80. The van der Waals surface area contributed by atoms with Crippen LogP contribution >= 0.6 is 0 Å². The van der Waals surface area contributed by atoms with Gasteiger partial charge < -0.3 is 9.64 Å². The number of carbonyl (C=O) groups excluding carboxylic acids is 1. The predicted octanol–water partition coefficient (Wildman–Crippen LogP) is 3.71. The summed E-state index contributed by atoms with van der Waals surface area (Å²) in [6.45, 7) is 7.09. The molecule has 3 aromatic carbocycles. The normalized spacial score (nSPS) is 15.0. The molecule has 1 aliphatic heterocycles. The van der Waals surface area contributed by atoms with Crippen LogP contribution in [0, 0.1) is 0 Å². The smallest absolute Gasteiger partial charge is 0.241 e. The Balaban J connectivity index is 1.29. The van der Waals surface area contributed by atoms with Gasteiger partial charge in [-0.05, 0) is 54.4 Å². The van der Waals surface area contributed by atoms with Crippen molar-refractivity contribution in [2.45, 2.75) is 26.5 Å². The minimum atomic E-state index is -3.80. The van der Waals surface area contributed by atoms with E-state index in [9.17, 15) is 13.2 Å². The van der Waals surface area contributed by atoms with Crippen molar-refractivity contribution < 1.29 is 17.9 Å². The Morgan fingerprint density at radius 3 is 2.32 bits per heavy atom. The fourth-order valence-corrected chi connectivity index (χ4v) is 5.24. The highest BCUT2D eigenvalue weighted by Crippen LogP contribution is 2.21. The minimum Gasteiger partial charge on any atom is -0.491 e. The third-order valence-corrected chi connectivity index (χ3v) is 6.99. The lowest BCUT2D eigenvalue weighted by Crippen LogP contribution is -2.50. The molecule has 0 spiro atoms. The zero-order valence-electron chi connectivity index (χ0n) is 19.6. The molecule has 1 amide bonds. The Labute approximate surface area is 201 Å². The van der Waals surface area contributed by atoms with Crippen molar-refractivity contribution in [3.63, 3.8) is 0 Å². The molecule has 0 radical (unpaired) electrons. The highest BCUT2D eigenvalue weighted by Gasteiger charge is 2.25. The lowest BCUT2D eigenvalue weighted by Gasteiger charge is -2.35. The van der Waals surface area contributed by atoms with Crippen LogP contribution in [0.3, 0.4) is 0 Å². The number of amides is 1.